The molecule has 0 heterocycles. The van der Waals surface area contributed by atoms with E-state index in [1.165, 1.54) is 0 Å². The summed E-state index contributed by atoms with van der Waals surface area (Å²) in [5, 5.41) is 0. The van der Waals surface area contributed by atoms with E-state index in [0.29, 0.717) is 12.8 Å². The Kier molecular flexibility index (Phi) is 7.12. The highest BCUT2D eigenvalue weighted by molar-refractivity contribution is 5.78. The van der Waals surface area contributed by atoms with Crippen molar-refractivity contribution < 1.29 is 18.3 Å². The molecule has 74 valence electrons. The molecule has 4 heteroatoms. The zero-order chi connectivity index (χ0) is 10.1. The van der Waals surface area contributed by atoms with Crippen LogP contribution in [0.4, 0.5) is 8.78 Å². The summed E-state index contributed by atoms with van der Waals surface area (Å²) >= 11 is 0. The Labute approximate surface area is 76.3 Å². The quantitative estimate of drug-likeness (QED) is 0.450. The summed E-state index contributed by atoms with van der Waals surface area (Å²) in [6.45, 7) is -0.559. The van der Waals surface area contributed by atoms with Crippen LogP contribution in [0.1, 0.15) is 19.3 Å². The summed E-state index contributed by atoms with van der Waals surface area (Å²) in [5.74, 6) is 2.28. The monoisotopic (exact) mass is 190 g/mol. The summed E-state index contributed by atoms with van der Waals surface area (Å²) in [4.78, 5) is 10.9. The normalized spacial score (nSPS) is 10.0. The van der Waals surface area contributed by atoms with Gasteiger partial charge in [0.15, 0.2) is 0 Å². The van der Waals surface area contributed by atoms with Crippen molar-refractivity contribution in [3.63, 3.8) is 0 Å². The van der Waals surface area contributed by atoms with Crippen LogP contribution in [0, 0.1) is 12.3 Å². The predicted molar refractivity (Wildman–Crippen MR) is 44.5 cm³/mol. The van der Waals surface area contributed by atoms with Crippen LogP contribution in [0.15, 0.2) is 0 Å². The number of carbonyl (C=O) groups is 1. The molecule has 0 amide bonds. The number of carbonyl (C=O) groups excluding carboxylic acids is 1. The highest BCUT2D eigenvalue weighted by atomic mass is 19.3. The van der Waals surface area contributed by atoms with E-state index < -0.39 is 13.0 Å². The Morgan fingerprint density at radius 3 is 2.69 bits per heavy atom. The molecule has 0 aromatic heterocycles. The highest BCUT2D eigenvalue weighted by Gasteiger charge is 2.04. The lowest BCUT2D eigenvalue weighted by Crippen LogP contribution is -2.08. The Bertz CT molecular complexity index is 185. The summed E-state index contributed by atoms with van der Waals surface area (Å²) in [7, 11) is 0. The van der Waals surface area contributed by atoms with Gasteiger partial charge in [0.1, 0.15) is 12.4 Å². The summed E-state index contributed by atoms with van der Waals surface area (Å²) < 4.78 is 27.6. The molecule has 0 atom stereocenters. The van der Waals surface area contributed by atoms with Gasteiger partial charge in [-0.15, -0.1) is 12.3 Å². The molecule has 0 fully saturated rings. The third-order valence-electron chi connectivity index (χ3n) is 1.32. The Balaban J connectivity index is 3.23. The molecule has 2 nitrogen and oxygen atoms in total. The van der Waals surface area contributed by atoms with Gasteiger partial charge < -0.3 is 4.74 Å². The van der Waals surface area contributed by atoms with E-state index in [1.807, 2.05) is 0 Å². The van der Waals surface area contributed by atoms with Gasteiger partial charge in [-0.25, -0.2) is 8.78 Å². The third-order valence-corrected chi connectivity index (χ3v) is 1.32. The summed E-state index contributed by atoms with van der Waals surface area (Å²) in [6.07, 6.45) is 3.33. The number of Topliss-reactive ketones (excluding diaryl/α,β-unsaturated/α-hetero) is 1. The van der Waals surface area contributed by atoms with Crippen LogP contribution in [-0.2, 0) is 9.53 Å². The smallest absolute Gasteiger partial charge is 0.261 e. The van der Waals surface area contributed by atoms with Crippen LogP contribution in [0.2, 0.25) is 0 Å². The van der Waals surface area contributed by atoms with Gasteiger partial charge in [0.2, 0.25) is 0 Å². The van der Waals surface area contributed by atoms with Gasteiger partial charge in [-0.2, -0.15) is 0 Å². The van der Waals surface area contributed by atoms with Gasteiger partial charge in [-0.1, -0.05) is 0 Å². The van der Waals surface area contributed by atoms with E-state index in [-0.39, 0.29) is 18.8 Å². The van der Waals surface area contributed by atoms with Crippen molar-refractivity contribution >= 4 is 5.78 Å². The first-order valence-electron chi connectivity index (χ1n) is 3.98. The topological polar surface area (TPSA) is 26.3 Å². The maximum absolute atomic E-state index is 11.5. The van der Waals surface area contributed by atoms with Crippen LogP contribution >= 0.6 is 0 Å². The molecular formula is C9H12F2O2. The molecule has 13 heavy (non-hydrogen) atoms. The van der Waals surface area contributed by atoms with E-state index in [0.717, 1.165) is 0 Å². The lowest BCUT2D eigenvalue weighted by atomic mass is 10.2. The molecule has 0 aliphatic heterocycles. The summed E-state index contributed by atoms with van der Waals surface area (Å²) in [5.41, 5.74) is 0. The number of hydrogen-bond donors (Lipinski definition) is 0. The lowest BCUT2D eigenvalue weighted by molar-refractivity contribution is -0.120. The number of ether oxygens (including phenoxy) is 1. The van der Waals surface area contributed by atoms with Crippen LogP contribution in [0.5, 0.6) is 0 Å². The van der Waals surface area contributed by atoms with Gasteiger partial charge in [0.05, 0.1) is 6.61 Å². The number of alkyl halides is 2. The molecular weight excluding hydrogens is 178 g/mol. The molecule has 0 N–H and O–H groups in total. The van der Waals surface area contributed by atoms with Crippen molar-refractivity contribution in [3.8, 4) is 12.3 Å². The first-order valence-corrected chi connectivity index (χ1v) is 3.98. The molecule has 0 saturated heterocycles. The second-order valence-corrected chi connectivity index (χ2v) is 2.46. The number of ketones is 1. The van der Waals surface area contributed by atoms with E-state index in [9.17, 15) is 13.6 Å². The fourth-order valence-electron chi connectivity index (χ4n) is 0.695. The molecule has 0 radical (unpaired) electrons. The van der Waals surface area contributed by atoms with Crippen molar-refractivity contribution in [2.45, 2.75) is 25.7 Å². The van der Waals surface area contributed by atoms with Gasteiger partial charge in [0.25, 0.3) is 6.43 Å². The zero-order valence-electron chi connectivity index (χ0n) is 7.26. The predicted octanol–water partition coefficient (Wildman–Crippen LogP) is 1.64. The SMILES string of the molecule is C#CCCC(=O)CCOCC(F)F. The van der Waals surface area contributed by atoms with Crippen LogP contribution in [-0.4, -0.2) is 25.4 Å². The molecule has 0 aromatic carbocycles. The Hall–Kier alpha value is -0.950. The van der Waals surface area contributed by atoms with Crippen molar-refractivity contribution in [2.24, 2.45) is 0 Å². The van der Waals surface area contributed by atoms with E-state index >= 15 is 0 Å². The first kappa shape index (κ1) is 12.0. The Morgan fingerprint density at radius 1 is 1.46 bits per heavy atom. The Morgan fingerprint density at radius 2 is 2.15 bits per heavy atom. The number of terminal acetylenes is 1. The number of halogens is 2. The highest BCUT2D eigenvalue weighted by Crippen LogP contribution is 1.97. The van der Waals surface area contributed by atoms with Gasteiger partial charge in [0, 0.05) is 19.3 Å². The summed E-state index contributed by atoms with van der Waals surface area (Å²) in [6, 6.07) is 0. The number of hydrogen-bond acceptors (Lipinski definition) is 2. The second-order valence-electron chi connectivity index (χ2n) is 2.46. The van der Waals surface area contributed by atoms with Gasteiger partial charge in [-0.05, 0) is 0 Å². The van der Waals surface area contributed by atoms with Gasteiger partial charge >= 0.3 is 0 Å². The maximum Gasteiger partial charge on any atom is 0.261 e. The van der Waals surface area contributed by atoms with Crippen LogP contribution in [0.25, 0.3) is 0 Å². The zero-order valence-corrected chi connectivity index (χ0v) is 7.26. The first-order chi connectivity index (χ1) is 6.16. The molecule has 0 rings (SSSR count). The van der Waals surface area contributed by atoms with Crippen LogP contribution < -0.4 is 0 Å². The van der Waals surface area contributed by atoms with Crippen molar-refractivity contribution in [2.75, 3.05) is 13.2 Å². The molecule has 0 saturated carbocycles. The largest absolute Gasteiger partial charge is 0.375 e. The number of rotatable bonds is 7. The third kappa shape index (κ3) is 8.96. The molecule has 0 bridgehead atoms. The molecule has 0 spiro atoms. The van der Waals surface area contributed by atoms with E-state index in [4.69, 9.17) is 6.42 Å². The molecule has 0 aromatic rings. The van der Waals surface area contributed by atoms with Gasteiger partial charge in [-0.3, -0.25) is 4.79 Å². The second kappa shape index (κ2) is 7.69. The van der Waals surface area contributed by atoms with Crippen molar-refractivity contribution in [3.05, 3.63) is 0 Å². The van der Waals surface area contributed by atoms with E-state index in [1.54, 1.807) is 0 Å². The van der Waals surface area contributed by atoms with Crippen molar-refractivity contribution in [1.82, 2.24) is 0 Å². The molecule has 0 aliphatic carbocycles. The molecule has 0 aliphatic rings. The standard InChI is InChI=1S/C9H12F2O2/c1-2-3-4-8(12)5-6-13-7-9(10)11/h1,9H,3-7H2. The molecule has 0 unspecified atom stereocenters. The van der Waals surface area contributed by atoms with Crippen LogP contribution in [0.3, 0.4) is 0 Å². The minimum atomic E-state index is -2.47. The minimum absolute atomic E-state index is 0.0489. The minimum Gasteiger partial charge on any atom is -0.375 e. The maximum atomic E-state index is 11.5. The average Bonchev–Trinajstić information content (AvgIpc) is 2.08. The fraction of sp³-hybridized carbons (Fsp3) is 0.667. The average molecular weight is 190 g/mol. The lowest BCUT2D eigenvalue weighted by Gasteiger charge is -2.01. The van der Waals surface area contributed by atoms with E-state index in [2.05, 4.69) is 10.7 Å². The van der Waals surface area contributed by atoms with Crippen molar-refractivity contribution in [1.29, 1.82) is 0 Å². The fourth-order valence-corrected chi connectivity index (χ4v) is 0.695.